The molecule has 0 atom stereocenters. The molecule has 2 heterocycles. The zero-order chi connectivity index (χ0) is 20.7. The lowest BCUT2D eigenvalue weighted by Gasteiger charge is -2.32. The van der Waals surface area contributed by atoms with Crippen molar-refractivity contribution < 1.29 is 13.2 Å². The summed E-state index contributed by atoms with van der Waals surface area (Å²) >= 11 is 0. The number of carbonyl (C=O) groups is 1. The normalized spacial score (nSPS) is 20.6. The van der Waals surface area contributed by atoms with Crippen LogP contribution < -0.4 is 5.32 Å². The van der Waals surface area contributed by atoms with E-state index in [4.69, 9.17) is 0 Å². The van der Waals surface area contributed by atoms with Gasteiger partial charge in [0.1, 0.15) is 0 Å². The van der Waals surface area contributed by atoms with Crippen molar-refractivity contribution in [3.8, 4) is 0 Å². The highest BCUT2D eigenvalue weighted by Gasteiger charge is 2.31. The first-order chi connectivity index (χ1) is 13.9. The third-order valence-corrected chi connectivity index (χ3v) is 7.81. The third-order valence-electron chi connectivity index (χ3n) is 5.96. The summed E-state index contributed by atoms with van der Waals surface area (Å²) in [5.41, 5.74) is 0.799. The van der Waals surface area contributed by atoms with E-state index in [-0.39, 0.29) is 17.6 Å². The summed E-state index contributed by atoms with van der Waals surface area (Å²) in [7, 11) is -1.18. The van der Waals surface area contributed by atoms with Crippen LogP contribution >= 0.6 is 0 Å². The summed E-state index contributed by atoms with van der Waals surface area (Å²) in [6.45, 7) is 6.97. The number of sulfonamides is 1. The fourth-order valence-electron chi connectivity index (χ4n) is 4.00. The Morgan fingerprint density at radius 1 is 1.03 bits per heavy atom. The maximum atomic E-state index is 12.6. The van der Waals surface area contributed by atoms with E-state index in [2.05, 4.69) is 22.2 Å². The highest BCUT2D eigenvalue weighted by atomic mass is 32.2. The SMILES string of the molecule is CN1CCN(CCCNC(=O)C2CCN(S(=O)(=O)Cc3ccccc3)CC2)CC1. The first-order valence-electron chi connectivity index (χ1n) is 10.6. The van der Waals surface area contributed by atoms with E-state index in [9.17, 15) is 13.2 Å². The number of nitrogens with zero attached hydrogens (tertiary/aromatic N) is 3. The van der Waals surface area contributed by atoms with E-state index in [1.54, 1.807) is 0 Å². The van der Waals surface area contributed by atoms with Crippen molar-refractivity contribution in [2.75, 3.05) is 59.4 Å². The van der Waals surface area contributed by atoms with Gasteiger partial charge in [-0.15, -0.1) is 0 Å². The van der Waals surface area contributed by atoms with E-state index in [0.29, 0.717) is 32.5 Å². The second-order valence-corrected chi connectivity index (χ2v) is 10.2. The van der Waals surface area contributed by atoms with Gasteiger partial charge in [-0.3, -0.25) is 4.79 Å². The molecule has 1 N–H and O–H groups in total. The van der Waals surface area contributed by atoms with E-state index >= 15 is 0 Å². The van der Waals surface area contributed by atoms with Crippen LogP contribution in [0.2, 0.25) is 0 Å². The van der Waals surface area contributed by atoms with Gasteiger partial charge < -0.3 is 15.1 Å². The minimum absolute atomic E-state index is 0.0248. The number of piperidine rings is 1. The van der Waals surface area contributed by atoms with Gasteiger partial charge >= 0.3 is 0 Å². The van der Waals surface area contributed by atoms with Gasteiger partial charge in [-0.2, -0.15) is 0 Å². The Morgan fingerprint density at radius 3 is 2.34 bits per heavy atom. The van der Waals surface area contributed by atoms with Gasteiger partial charge in [0, 0.05) is 51.7 Å². The number of hydrogen-bond acceptors (Lipinski definition) is 5. The van der Waals surface area contributed by atoms with Gasteiger partial charge in [-0.1, -0.05) is 30.3 Å². The summed E-state index contributed by atoms with van der Waals surface area (Å²) < 4.78 is 26.8. The molecule has 3 rings (SSSR count). The molecule has 1 amide bonds. The maximum Gasteiger partial charge on any atom is 0.223 e. The van der Waals surface area contributed by atoms with Gasteiger partial charge in [0.2, 0.25) is 15.9 Å². The quantitative estimate of drug-likeness (QED) is 0.633. The number of hydrogen-bond donors (Lipinski definition) is 1. The number of benzene rings is 1. The Hall–Kier alpha value is -1.48. The van der Waals surface area contributed by atoms with E-state index in [0.717, 1.165) is 44.7 Å². The molecule has 2 saturated heterocycles. The predicted molar refractivity (Wildman–Crippen MR) is 115 cm³/mol. The average molecular weight is 423 g/mol. The topological polar surface area (TPSA) is 73.0 Å². The van der Waals surface area contributed by atoms with Crippen molar-refractivity contribution in [3.63, 3.8) is 0 Å². The van der Waals surface area contributed by atoms with Crippen LogP contribution in [0, 0.1) is 5.92 Å². The fraction of sp³-hybridized carbons (Fsp3) is 0.667. The van der Waals surface area contributed by atoms with Crippen LogP contribution in [0.4, 0.5) is 0 Å². The number of rotatable bonds is 8. The van der Waals surface area contributed by atoms with Crippen molar-refractivity contribution >= 4 is 15.9 Å². The van der Waals surface area contributed by atoms with Gasteiger partial charge in [0.25, 0.3) is 0 Å². The molecule has 162 valence electrons. The van der Waals surface area contributed by atoms with Gasteiger partial charge in [-0.25, -0.2) is 12.7 Å². The molecule has 1 aromatic carbocycles. The van der Waals surface area contributed by atoms with E-state index in [1.165, 1.54) is 4.31 Å². The highest BCUT2D eigenvalue weighted by molar-refractivity contribution is 7.88. The lowest BCUT2D eigenvalue weighted by molar-refractivity contribution is -0.126. The zero-order valence-corrected chi connectivity index (χ0v) is 18.2. The number of likely N-dealkylation sites (N-methyl/N-ethyl adjacent to an activating group) is 1. The zero-order valence-electron chi connectivity index (χ0n) is 17.4. The number of piperazine rings is 1. The fourth-order valence-corrected chi connectivity index (χ4v) is 5.57. The van der Waals surface area contributed by atoms with E-state index in [1.807, 2.05) is 30.3 Å². The standard InChI is InChI=1S/C21H34N4O3S/c1-23-14-16-24(17-15-23)11-5-10-22-21(26)20-8-12-25(13-9-20)29(27,28)18-19-6-3-2-4-7-19/h2-4,6-7,20H,5,8-18H2,1H3,(H,22,26). The molecule has 7 nitrogen and oxygen atoms in total. The molecule has 0 radical (unpaired) electrons. The molecule has 8 heteroatoms. The van der Waals surface area contributed by atoms with Crippen molar-refractivity contribution in [1.82, 2.24) is 19.4 Å². The summed E-state index contributed by atoms with van der Waals surface area (Å²) in [6, 6.07) is 9.25. The average Bonchev–Trinajstić information content (AvgIpc) is 2.73. The monoisotopic (exact) mass is 422 g/mol. The first-order valence-corrected chi connectivity index (χ1v) is 12.3. The molecule has 1 aromatic rings. The summed E-state index contributed by atoms with van der Waals surface area (Å²) in [5, 5.41) is 3.05. The number of nitrogens with one attached hydrogen (secondary N) is 1. The van der Waals surface area contributed by atoms with Crippen molar-refractivity contribution in [2.45, 2.75) is 25.0 Å². The van der Waals surface area contributed by atoms with Crippen LogP contribution in [0.15, 0.2) is 30.3 Å². The third kappa shape index (κ3) is 6.77. The van der Waals surface area contributed by atoms with Crippen molar-refractivity contribution in [2.24, 2.45) is 5.92 Å². The Morgan fingerprint density at radius 2 is 1.69 bits per heavy atom. The molecular weight excluding hydrogens is 388 g/mol. The van der Waals surface area contributed by atoms with Crippen LogP contribution in [0.1, 0.15) is 24.8 Å². The Balaban J connectivity index is 1.35. The molecule has 0 aromatic heterocycles. The molecule has 0 bridgehead atoms. The number of carbonyl (C=O) groups excluding carboxylic acids is 1. The lowest BCUT2D eigenvalue weighted by Crippen LogP contribution is -2.45. The first kappa shape index (κ1) is 22.2. The van der Waals surface area contributed by atoms with Crippen LogP contribution in [0.5, 0.6) is 0 Å². The molecule has 0 unspecified atom stereocenters. The van der Waals surface area contributed by atoms with Crippen molar-refractivity contribution in [1.29, 1.82) is 0 Å². The maximum absolute atomic E-state index is 12.6. The lowest BCUT2D eigenvalue weighted by atomic mass is 9.97. The smallest absolute Gasteiger partial charge is 0.223 e. The van der Waals surface area contributed by atoms with Crippen LogP contribution in [-0.2, 0) is 20.6 Å². The van der Waals surface area contributed by atoms with Gasteiger partial charge in [0.15, 0.2) is 0 Å². The van der Waals surface area contributed by atoms with Crippen LogP contribution in [0.25, 0.3) is 0 Å². The minimum atomic E-state index is -3.33. The molecule has 2 aliphatic rings. The van der Waals surface area contributed by atoms with Crippen molar-refractivity contribution in [3.05, 3.63) is 35.9 Å². The molecule has 0 saturated carbocycles. The summed E-state index contributed by atoms with van der Waals surface area (Å²) in [4.78, 5) is 17.2. The summed E-state index contributed by atoms with van der Waals surface area (Å²) in [6.07, 6.45) is 2.15. The second-order valence-electron chi connectivity index (χ2n) is 8.20. The minimum Gasteiger partial charge on any atom is -0.356 e. The Kier molecular flexibility index (Phi) is 8.06. The highest BCUT2D eigenvalue weighted by Crippen LogP contribution is 2.21. The molecule has 0 spiro atoms. The Bertz CT molecular complexity index is 740. The molecule has 29 heavy (non-hydrogen) atoms. The second kappa shape index (κ2) is 10.5. The molecular formula is C21H34N4O3S. The van der Waals surface area contributed by atoms with Gasteiger partial charge in [0.05, 0.1) is 5.75 Å². The number of amides is 1. The van der Waals surface area contributed by atoms with E-state index < -0.39 is 10.0 Å². The molecule has 2 aliphatic heterocycles. The molecule has 0 aliphatic carbocycles. The van der Waals surface area contributed by atoms with Crippen LogP contribution in [0.3, 0.4) is 0 Å². The largest absolute Gasteiger partial charge is 0.356 e. The van der Waals surface area contributed by atoms with Gasteiger partial charge in [-0.05, 0) is 38.4 Å². The van der Waals surface area contributed by atoms with Crippen LogP contribution in [-0.4, -0.2) is 87.8 Å². The summed E-state index contributed by atoms with van der Waals surface area (Å²) in [5.74, 6) is 0.0158. The predicted octanol–water partition coefficient (Wildman–Crippen LogP) is 0.982. The molecule has 2 fully saturated rings. The Labute approximate surface area is 175 Å².